The van der Waals surface area contributed by atoms with Crippen LogP contribution in [0.2, 0.25) is 0 Å². The van der Waals surface area contributed by atoms with Crippen molar-refractivity contribution in [3.63, 3.8) is 0 Å². The zero-order chi connectivity index (χ0) is 14.3. The highest BCUT2D eigenvalue weighted by Gasteiger charge is 2.34. The van der Waals surface area contributed by atoms with E-state index in [4.69, 9.17) is 0 Å². The zero-order valence-electron chi connectivity index (χ0n) is 12.2. The van der Waals surface area contributed by atoms with E-state index in [1.54, 1.807) is 4.90 Å². The van der Waals surface area contributed by atoms with Gasteiger partial charge in [-0.25, -0.2) is 0 Å². The van der Waals surface area contributed by atoms with Gasteiger partial charge in [-0.15, -0.1) is 0 Å². The minimum atomic E-state index is 0.0495. The molecule has 0 atom stereocenters. The first-order valence-electron chi connectivity index (χ1n) is 6.71. The summed E-state index contributed by atoms with van der Waals surface area (Å²) in [5, 5.41) is 0. The Morgan fingerprint density at radius 3 is 2.37 bits per heavy atom. The van der Waals surface area contributed by atoms with Crippen molar-refractivity contribution in [2.75, 3.05) is 0 Å². The van der Waals surface area contributed by atoms with Gasteiger partial charge in [0.05, 0.1) is 0 Å². The highest BCUT2D eigenvalue weighted by atomic mass is 16.2. The monoisotopic (exact) mass is 255 g/mol. The summed E-state index contributed by atoms with van der Waals surface area (Å²) in [6.45, 7) is 16.5. The van der Waals surface area contributed by atoms with Crippen molar-refractivity contribution in [2.45, 2.75) is 33.7 Å². The Labute approximate surface area is 115 Å². The first-order valence-corrected chi connectivity index (χ1v) is 6.71. The third kappa shape index (κ3) is 2.01. The summed E-state index contributed by atoms with van der Waals surface area (Å²) in [6, 6.07) is 5.95. The lowest BCUT2D eigenvalue weighted by molar-refractivity contribution is 0.0821. The number of allylic oxidation sites excluding steroid dienone is 1. The Bertz CT molecular complexity index is 567. The summed E-state index contributed by atoms with van der Waals surface area (Å²) < 4.78 is 0. The fraction of sp³-hybridized carbons (Fsp3) is 0.353. The number of fused-ring (bicyclic) bond motifs is 1. The normalized spacial score (nSPS) is 14.5. The van der Waals surface area contributed by atoms with E-state index in [-0.39, 0.29) is 11.9 Å². The fourth-order valence-electron chi connectivity index (χ4n) is 2.54. The lowest BCUT2D eigenvalue weighted by atomic mass is 9.90. The molecule has 1 aromatic rings. The largest absolute Gasteiger partial charge is 0.306 e. The third-order valence-corrected chi connectivity index (χ3v) is 3.65. The van der Waals surface area contributed by atoms with E-state index in [9.17, 15) is 4.79 Å². The molecular weight excluding hydrogens is 234 g/mol. The van der Waals surface area contributed by atoms with Crippen molar-refractivity contribution < 1.29 is 4.79 Å². The fourth-order valence-corrected chi connectivity index (χ4v) is 2.54. The van der Waals surface area contributed by atoms with Crippen molar-refractivity contribution >= 4 is 17.2 Å². The maximum Gasteiger partial charge on any atom is 0.259 e. The molecule has 2 rings (SSSR count). The van der Waals surface area contributed by atoms with Crippen molar-refractivity contribution in [2.24, 2.45) is 5.92 Å². The Morgan fingerprint density at radius 1 is 1.21 bits per heavy atom. The summed E-state index contributed by atoms with van der Waals surface area (Å²) in [6.07, 6.45) is 0. The molecule has 2 nitrogen and oxygen atoms in total. The van der Waals surface area contributed by atoms with Crippen LogP contribution in [0, 0.1) is 5.92 Å². The van der Waals surface area contributed by atoms with E-state index in [1.165, 1.54) is 0 Å². The standard InChI is InChI=1S/C17H21NO/c1-10(2)12(5)14-8-7-9-15-16(14)13(6)18(11(3)4)17(15)19/h7-11H,5-6H2,1-4H3. The Balaban J connectivity index is 2.61. The average molecular weight is 255 g/mol. The zero-order valence-corrected chi connectivity index (χ0v) is 12.2. The number of carbonyl (C=O) groups excluding carboxylic acids is 1. The van der Waals surface area contributed by atoms with Gasteiger partial charge in [0.1, 0.15) is 0 Å². The van der Waals surface area contributed by atoms with Crippen LogP contribution in [0.1, 0.15) is 49.2 Å². The molecule has 0 aromatic heterocycles. The number of rotatable bonds is 3. The van der Waals surface area contributed by atoms with Crippen LogP contribution in [0.5, 0.6) is 0 Å². The molecular formula is C17H21NO. The van der Waals surface area contributed by atoms with Crippen LogP contribution in [0.15, 0.2) is 31.4 Å². The van der Waals surface area contributed by atoms with Crippen LogP contribution in [0.25, 0.3) is 11.3 Å². The molecule has 0 fully saturated rings. The van der Waals surface area contributed by atoms with E-state index in [2.05, 4.69) is 27.0 Å². The minimum Gasteiger partial charge on any atom is -0.306 e. The van der Waals surface area contributed by atoms with Crippen LogP contribution in [-0.4, -0.2) is 16.8 Å². The minimum absolute atomic E-state index is 0.0495. The van der Waals surface area contributed by atoms with Crippen molar-refractivity contribution in [3.8, 4) is 0 Å². The maximum absolute atomic E-state index is 12.4. The smallest absolute Gasteiger partial charge is 0.259 e. The van der Waals surface area contributed by atoms with Gasteiger partial charge in [-0.05, 0) is 37.0 Å². The summed E-state index contributed by atoms with van der Waals surface area (Å²) >= 11 is 0. The lowest BCUT2D eigenvalue weighted by Crippen LogP contribution is -2.29. The quantitative estimate of drug-likeness (QED) is 0.793. The molecule has 19 heavy (non-hydrogen) atoms. The molecule has 0 N–H and O–H groups in total. The molecule has 2 heteroatoms. The van der Waals surface area contributed by atoms with Gasteiger partial charge in [0.2, 0.25) is 0 Å². The first-order chi connectivity index (χ1) is 8.86. The maximum atomic E-state index is 12.4. The number of amides is 1. The molecule has 1 aliphatic rings. The number of hydrogen-bond donors (Lipinski definition) is 0. The van der Waals surface area contributed by atoms with E-state index >= 15 is 0 Å². The number of benzene rings is 1. The topological polar surface area (TPSA) is 20.3 Å². The highest BCUT2D eigenvalue weighted by molar-refractivity contribution is 6.10. The van der Waals surface area contributed by atoms with Crippen molar-refractivity contribution in [1.29, 1.82) is 0 Å². The summed E-state index contributed by atoms with van der Waals surface area (Å²) in [7, 11) is 0. The van der Waals surface area contributed by atoms with E-state index in [0.717, 1.165) is 28.0 Å². The molecule has 0 saturated heterocycles. The van der Waals surface area contributed by atoms with Gasteiger partial charge in [0, 0.05) is 22.9 Å². The second-order valence-electron chi connectivity index (χ2n) is 5.62. The Morgan fingerprint density at radius 2 is 1.84 bits per heavy atom. The van der Waals surface area contributed by atoms with Gasteiger partial charge < -0.3 is 4.90 Å². The van der Waals surface area contributed by atoms with Crippen LogP contribution in [-0.2, 0) is 0 Å². The molecule has 1 heterocycles. The molecule has 0 saturated carbocycles. The predicted octanol–water partition coefficient (Wildman–Crippen LogP) is 4.19. The second-order valence-corrected chi connectivity index (χ2v) is 5.62. The number of nitrogens with zero attached hydrogens (tertiary/aromatic N) is 1. The van der Waals surface area contributed by atoms with Gasteiger partial charge >= 0.3 is 0 Å². The van der Waals surface area contributed by atoms with Gasteiger partial charge in [-0.3, -0.25) is 4.79 Å². The van der Waals surface area contributed by atoms with Crippen molar-refractivity contribution in [3.05, 3.63) is 48.0 Å². The molecule has 1 aromatic carbocycles. The van der Waals surface area contributed by atoms with Crippen molar-refractivity contribution in [1.82, 2.24) is 4.90 Å². The van der Waals surface area contributed by atoms with Crippen LogP contribution in [0.3, 0.4) is 0 Å². The summed E-state index contributed by atoms with van der Waals surface area (Å²) in [5.74, 6) is 0.399. The molecule has 0 aliphatic carbocycles. The molecule has 0 unspecified atom stereocenters. The average Bonchev–Trinajstić information content (AvgIpc) is 2.61. The van der Waals surface area contributed by atoms with Crippen LogP contribution >= 0.6 is 0 Å². The molecule has 0 spiro atoms. The van der Waals surface area contributed by atoms with Gasteiger partial charge in [-0.2, -0.15) is 0 Å². The molecule has 0 radical (unpaired) electrons. The molecule has 1 aliphatic heterocycles. The number of carbonyl (C=O) groups is 1. The van der Waals surface area contributed by atoms with Gasteiger partial charge in [0.15, 0.2) is 0 Å². The van der Waals surface area contributed by atoms with E-state index < -0.39 is 0 Å². The first kappa shape index (κ1) is 13.6. The van der Waals surface area contributed by atoms with Crippen LogP contribution in [0.4, 0.5) is 0 Å². The molecule has 100 valence electrons. The van der Waals surface area contributed by atoms with Crippen LogP contribution < -0.4 is 0 Å². The van der Waals surface area contributed by atoms with E-state index in [1.807, 2.05) is 32.0 Å². The second kappa shape index (κ2) is 4.69. The predicted molar refractivity (Wildman–Crippen MR) is 80.7 cm³/mol. The molecule has 1 amide bonds. The van der Waals surface area contributed by atoms with E-state index in [0.29, 0.717) is 5.92 Å². The number of hydrogen-bond acceptors (Lipinski definition) is 1. The Hall–Kier alpha value is -1.83. The SMILES string of the molecule is C=C(c1cccc2c1C(=C)N(C(C)C)C2=O)C(C)C. The Kier molecular flexibility index (Phi) is 3.36. The van der Waals surface area contributed by atoms with Gasteiger partial charge in [0.25, 0.3) is 5.91 Å². The highest BCUT2D eigenvalue weighted by Crippen LogP contribution is 2.39. The third-order valence-electron chi connectivity index (χ3n) is 3.65. The van der Waals surface area contributed by atoms with Gasteiger partial charge in [-0.1, -0.05) is 39.1 Å². The molecule has 0 bridgehead atoms. The lowest BCUT2D eigenvalue weighted by Gasteiger charge is -2.22. The summed E-state index contributed by atoms with van der Waals surface area (Å²) in [5.41, 5.74) is 4.61. The summed E-state index contributed by atoms with van der Waals surface area (Å²) in [4.78, 5) is 14.2.